The molecule has 2 aromatic rings. The molecule has 0 spiro atoms. The summed E-state index contributed by atoms with van der Waals surface area (Å²) >= 11 is 0. The third-order valence-corrected chi connectivity index (χ3v) is 7.84. The minimum Gasteiger partial charge on any atom is -0.492 e. The van der Waals surface area contributed by atoms with Crippen LogP contribution in [0.3, 0.4) is 0 Å². The first-order valence-corrected chi connectivity index (χ1v) is 12.5. The lowest BCUT2D eigenvalue weighted by atomic mass is 9.72. The summed E-state index contributed by atoms with van der Waals surface area (Å²) < 4.78 is 6.40. The van der Waals surface area contributed by atoms with E-state index >= 15 is 0 Å². The molecule has 178 valence electrons. The van der Waals surface area contributed by atoms with Crippen molar-refractivity contribution in [1.29, 1.82) is 0 Å². The predicted molar refractivity (Wildman–Crippen MR) is 125 cm³/mol. The van der Waals surface area contributed by atoms with Gasteiger partial charge in [-0.25, -0.2) is 0 Å². The number of aromatic nitrogens is 4. The van der Waals surface area contributed by atoms with Crippen molar-refractivity contribution >= 4 is 11.9 Å². The highest BCUT2D eigenvalue weighted by Crippen LogP contribution is 2.40. The quantitative estimate of drug-likeness (QED) is 0.648. The van der Waals surface area contributed by atoms with Crippen LogP contribution < -0.4 is 14.6 Å². The maximum Gasteiger partial charge on any atom is 0.208 e. The van der Waals surface area contributed by atoms with E-state index in [0.717, 1.165) is 92.1 Å². The number of aromatic amines is 1. The molecule has 0 saturated carbocycles. The molecule has 1 unspecified atom stereocenters. The number of carbonyl (C=O) groups is 1. The van der Waals surface area contributed by atoms with Crippen molar-refractivity contribution in [3.05, 3.63) is 51.5 Å². The summed E-state index contributed by atoms with van der Waals surface area (Å²) in [6.07, 6.45) is 11.1. The van der Waals surface area contributed by atoms with E-state index in [9.17, 15) is 9.70 Å². The Morgan fingerprint density at radius 3 is 2.97 bits per heavy atom. The summed E-state index contributed by atoms with van der Waals surface area (Å²) in [5.74, 6) is 1.01. The number of hydrogen-bond donors (Lipinski definition) is 2. The highest BCUT2D eigenvalue weighted by molar-refractivity contribution is 6.02. The monoisotopic (exact) mass is 463 g/mol. The summed E-state index contributed by atoms with van der Waals surface area (Å²) in [5, 5.41) is 10.4. The Balaban J connectivity index is 1.05. The Hall–Kier alpha value is -2.91. The van der Waals surface area contributed by atoms with Crippen LogP contribution in [-0.4, -0.2) is 58.3 Å². The minimum absolute atomic E-state index is 0.103. The minimum atomic E-state index is -0.249. The summed E-state index contributed by atoms with van der Waals surface area (Å²) in [6.45, 7) is 4.48. The van der Waals surface area contributed by atoms with Gasteiger partial charge in [0.15, 0.2) is 11.5 Å². The highest BCUT2D eigenvalue weighted by atomic mass is 16.5. The zero-order valence-electron chi connectivity index (χ0n) is 19.3. The van der Waals surface area contributed by atoms with Crippen molar-refractivity contribution in [3.63, 3.8) is 0 Å². The lowest BCUT2D eigenvalue weighted by molar-refractivity contribution is -0.581. The van der Waals surface area contributed by atoms with Gasteiger partial charge in [-0.1, -0.05) is 0 Å². The Morgan fingerprint density at radius 2 is 2.09 bits per heavy atom. The fourth-order valence-corrected chi connectivity index (χ4v) is 6.04. The fourth-order valence-electron chi connectivity index (χ4n) is 6.04. The molecule has 2 N–H and O–H groups in total. The van der Waals surface area contributed by atoms with E-state index < -0.39 is 0 Å². The van der Waals surface area contributed by atoms with Gasteiger partial charge in [0.2, 0.25) is 5.69 Å². The van der Waals surface area contributed by atoms with E-state index in [0.29, 0.717) is 18.2 Å². The second-order valence-corrected chi connectivity index (χ2v) is 9.96. The first-order chi connectivity index (χ1) is 16.7. The molecule has 34 heavy (non-hydrogen) atoms. The SMILES string of the molecule is O=C1C=Cc2n[nH][n+](=O)c3c2C1[C@H](CN1CCC(NCc2cc4c(cn2)OCCC4)CC1)CC3. The fraction of sp³-hybridized carbons (Fsp3) is 0.560. The summed E-state index contributed by atoms with van der Waals surface area (Å²) in [7, 11) is 0. The van der Waals surface area contributed by atoms with Gasteiger partial charge in [-0.3, -0.25) is 9.78 Å². The Kier molecular flexibility index (Phi) is 5.74. The molecule has 4 heterocycles. The number of carbonyl (C=O) groups excluding carboxylic acids is 1. The van der Waals surface area contributed by atoms with Crippen molar-refractivity contribution in [2.24, 2.45) is 5.92 Å². The molecule has 0 bridgehead atoms. The number of ketones is 1. The van der Waals surface area contributed by atoms with Crippen molar-refractivity contribution in [1.82, 2.24) is 25.5 Å². The van der Waals surface area contributed by atoms with E-state index in [1.54, 1.807) is 12.2 Å². The normalized spacial score (nSPS) is 24.4. The van der Waals surface area contributed by atoms with Crippen molar-refractivity contribution in [3.8, 4) is 5.75 Å². The highest BCUT2D eigenvalue weighted by Gasteiger charge is 2.43. The number of likely N-dealkylation sites (tertiary alicyclic amines) is 1. The van der Waals surface area contributed by atoms with Gasteiger partial charge in [-0.2, -0.15) is 0 Å². The molecule has 2 aromatic heterocycles. The van der Waals surface area contributed by atoms with Crippen LogP contribution in [0.2, 0.25) is 0 Å². The second kappa shape index (κ2) is 9.03. The number of nitrogens with one attached hydrogen (secondary N) is 2. The van der Waals surface area contributed by atoms with Crippen LogP contribution in [0.4, 0.5) is 0 Å². The Bertz CT molecular complexity index is 1180. The molecule has 1 saturated heterocycles. The molecule has 2 aliphatic heterocycles. The third-order valence-electron chi connectivity index (χ3n) is 7.84. The summed E-state index contributed by atoms with van der Waals surface area (Å²) in [6, 6.07) is 2.65. The number of nitrogens with zero attached hydrogens (tertiary/aromatic N) is 4. The lowest BCUT2D eigenvalue weighted by Crippen LogP contribution is -2.46. The Labute approximate surface area is 198 Å². The zero-order valence-corrected chi connectivity index (χ0v) is 19.3. The molecule has 0 aromatic carbocycles. The van der Waals surface area contributed by atoms with Crippen LogP contribution in [0.25, 0.3) is 6.08 Å². The summed E-state index contributed by atoms with van der Waals surface area (Å²) in [5.41, 5.74) is 4.61. The molecular weight excluding hydrogens is 432 g/mol. The number of pyridine rings is 1. The zero-order chi connectivity index (χ0) is 23.1. The largest absolute Gasteiger partial charge is 0.492 e. The van der Waals surface area contributed by atoms with Crippen LogP contribution in [0, 0.1) is 10.8 Å². The molecule has 9 heteroatoms. The smallest absolute Gasteiger partial charge is 0.208 e. The molecule has 6 rings (SSSR count). The topological polar surface area (TPSA) is 106 Å². The van der Waals surface area contributed by atoms with E-state index in [2.05, 4.69) is 31.6 Å². The van der Waals surface area contributed by atoms with Gasteiger partial charge in [0.25, 0.3) is 0 Å². The number of allylic oxidation sites excluding steroid dienone is 1. The number of H-pyrrole nitrogens is 1. The third kappa shape index (κ3) is 4.07. The summed E-state index contributed by atoms with van der Waals surface area (Å²) in [4.78, 5) is 32.1. The maximum atomic E-state index is 12.8. The van der Waals surface area contributed by atoms with Crippen LogP contribution in [0.1, 0.15) is 59.8 Å². The molecule has 0 amide bonds. The van der Waals surface area contributed by atoms with Crippen LogP contribution in [0.15, 0.2) is 18.3 Å². The molecule has 0 radical (unpaired) electrons. The average Bonchev–Trinajstić information content (AvgIpc) is 2.87. The number of ether oxygens (including phenoxy) is 1. The standard InChI is InChI=1S/C25H30N6O3/c32-22-6-4-20-25-21(31(33)29-28-20)5-3-17(24(22)25)15-30-9-7-18(8-10-30)26-13-19-12-16-2-1-11-34-23(16)14-27-19/h4,6,12,14,17-18,24,26H,1-3,5,7-11,13,15H2/p+1/t17-,24?/m0/s1. The van der Waals surface area contributed by atoms with Gasteiger partial charge >= 0.3 is 0 Å². The maximum absolute atomic E-state index is 12.8. The molecule has 9 nitrogen and oxygen atoms in total. The average molecular weight is 464 g/mol. The number of rotatable bonds is 5. The van der Waals surface area contributed by atoms with Gasteiger partial charge in [-0.15, -0.1) is 0 Å². The first kappa shape index (κ1) is 21.6. The number of fused-ring (bicyclic) bond motifs is 1. The molecule has 1 fully saturated rings. The molecule has 4 aliphatic rings. The van der Waals surface area contributed by atoms with Gasteiger partial charge in [0.1, 0.15) is 5.75 Å². The van der Waals surface area contributed by atoms with Crippen molar-refractivity contribution < 1.29 is 14.1 Å². The molecule has 2 aliphatic carbocycles. The van der Waals surface area contributed by atoms with Crippen LogP contribution >= 0.6 is 0 Å². The number of hydrogen-bond acceptors (Lipinski definition) is 7. The van der Waals surface area contributed by atoms with Gasteiger partial charge in [0, 0.05) is 30.7 Å². The predicted octanol–water partition coefficient (Wildman–Crippen LogP) is 1.54. The van der Waals surface area contributed by atoms with E-state index in [4.69, 9.17) is 4.74 Å². The first-order valence-electron chi connectivity index (χ1n) is 12.5. The molecule has 2 atom stereocenters. The lowest BCUT2D eigenvalue weighted by Gasteiger charge is -2.38. The van der Waals surface area contributed by atoms with E-state index in [-0.39, 0.29) is 17.6 Å². The van der Waals surface area contributed by atoms with E-state index in [1.165, 1.54) is 5.56 Å². The Morgan fingerprint density at radius 1 is 1.21 bits per heavy atom. The molecular formula is C25H31N6O3+. The van der Waals surface area contributed by atoms with Crippen LogP contribution in [0.5, 0.6) is 5.75 Å². The number of piperidine rings is 1. The van der Waals surface area contributed by atoms with Gasteiger partial charge < -0.3 is 15.0 Å². The van der Waals surface area contributed by atoms with Gasteiger partial charge in [0.05, 0.1) is 34.5 Å². The number of aryl methyl sites for hydroxylation is 1. The van der Waals surface area contributed by atoms with Crippen molar-refractivity contribution in [2.75, 3.05) is 26.2 Å². The second-order valence-electron chi connectivity index (χ2n) is 9.96. The van der Waals surface area contributed by atoms with Crippen molar-refractivity contribution in [2.45, 2.75) is 57.0 Å². The van der Waals surface area contributed by atoms with E-state index in [1.807, 2.05) is 6.20 Å². The van der Waals surface area contributed by atoms with Crippen LogP contribution in [-0.2, 0) is 24.2 Å². The van der Waals surface area contributed by atoms with Gasteiger partial charge in [-0.05, 0) is 85.0 Å².